The number of halogens is 4. The topological polar surface area (TPSA) is 29.5 Å². The molecule has 2 rings (SSSR count). The largest absolute Gasteiger partial charge is 0.496 e. The van der Waals surface area contributed by atoms with Crippen LogP contribution in [0.4, 0.5) is 13.2 Å². The van der Waals surface area contributed by atoms with Crippen molar-refractivity contribution in [1.82, 2.24) is 4.90 Å². The zero-order valence-corrected chi connectivity index (χ0v) is 16.0. The molecule has 0 saturated heterocycles. The maximum atomic E-state index is 12.6. The number of rotatable bonds is 6. The van der Waals surface area contributed by atoms with Crippen LogP contribution in [-0.4, -0.2) is 25.0 Å². The summed E-state index contributed by atoms with van der Waals surface area (Å²) < 4.78 is 43.7. The second-order valence-electron chi connectivity index (χ2n) is 5.91. The predicted octanol–water partition coefficient (Wildman–Crippen LogP) is 5.07. The Labute approximate surface area is 158 Å². The van der Waals surface area contributed by atoms with Gasteiger partial charge in [-0.15, -0.1) is 0 Å². The Morgan fingerprint density at radius 2 is 1.73 bits per heavy atom. The lowest BCUT2D eigenvalue weighted by Gasteiger charge is -2.18. The van der Waals surface area contributed by atoms with Crippen molar-refractivity contribution in [2.24, 2.45) is 0 Å². The molecule has 0 spiro atoms. The van der Waals surface area contributed by atoms with Gasteiger partial charge in [-0.25, -0.2) is 0 Å². The molecule has 2 aromatic rings. The third-order valence-corrected chi connectivity index (χ3v) is 4.59. The highest BCUT2D eigenvalue weighted by Gasteiger charge is 2.29. The Morgan fingerprint density at radius 1 is 1.12 bits per heavy atom. The lowest BCUT2D eigenvalue weighted by Crippen LogP contribution is -2.26. The van der Waals surface area contributed by atoms with Crippen molar-refractivity contribution in [1.29, 1.82) is 0 Å². The molecule has 0 fully saturated rings. The Morgan fingerprint density at radius 3 is 2.27 bits per heavy atom. The van der Waals surface area contributed by atoms with E-state index in [9.17, 15) is 18.0 Å². The molecule has 0 N–H and O–H groups in total. The van der Waals surface area contributed by atoms with Gasteiger partial charge >= 0.3 is 6.18 Å². The second kappa shape index (κ2) is 8.58. The molecule has 0 bridgehead atoms. The van der Waals surface area contributed by atoms with Crippen molar-refractivity contribution < 1.29 is 22.7 Å². The average molecular weight is 430 g/mol. The van der Waals surface area contributed by atoms with Crippen molar-refractivity contribution in [3.05, 3.63) is 63.6 Å². The molecule has 0 heterocycles. The molecule has 0 atom stereocenters. The number of amides is 1. The summed E-state index contributed by atoms with van der Waals surface area (Å²) in [5.74, 6) is 0.649. The minimum absolute atomic E-state index is 0.0724. The van der Waals surface area contributed by atoms with Crippen molar-refractivity contribution >= 4 is 21.8 Å². The number of alkyl halides is 3. The number of hydrogen-bond donors (Lipinski definition) is 0. The lowest BCUT2D eigenvalue weighted by atomic mass is 10.1. The molecule has 0 aliphatic rings. The maximum absolute atomic E-state index is 12.6. The molecule has 7 heteroatoms. The van der Waals surface area contributed by atoms with E-state index in [1.807, 2.05) is 18.2 Å². The van der Waals surface area contributed by atoms with Gasteiger partial charge < -0.3 is 9.64 Å². The van der Waals surface area contributed by atoms with Crippen LogP contribution in [0, 0.1) is 0 Å². The SMILES string of the molecule is COc1ccc(CCC(=O)N(C)Cc2ccc(C(F)(F)F)cc2)cc1Br. The smallest absolute Gasteiger partial charge is 0.416 e. The summed E-state index contributed by atoms with van der Waals surface area (Å²) in [6.07, 6.45) is -3.47. The van der Waals surface area contributed by atoms with E-state index in [1.54, 1.807) is 14.2 Å². The Bertz CT molecular complexity index is 760. The van der Waals surface area contributed by atoms with Gasteiger partial charge in [-0.05, 0) is 57.7 Å². The summed E-state index contributed by atoms with van der Waals surface area (Å²) in [5.41, 5.74) is 0.954. The molecule has 26 heavy (non-hydrogen) atoms. The monoisotopic (exact) mass is 429 g/mol. The molecule has 1 amide bonds. The van der Waals surface area contributed by atoms with Crippen LogP contribution in [0.15, 0.2) is 46.9 Å². The highest BCUT2D eigenvalue weighted by atomic mass is 79.9. The van der Waals surface area contributed by atoms with Gasteiger partial charge in [0, 0.05) is 20.0 Å². The fourth-order valence-electron chi connectivity index (χ4n) is 2.47. The number of methoxy groups -OCH3 is 1. The third-order valence-electron chi connectivity index (χ3n) is 3.97. The number of aryl methyl sites for hydroxylation is 1. The van der Waals surface area contributed by atoms with E-state index in [0.29, 0.717) is 18.4 Å². The minimum atomic E-state index is -4.35. The normalized spacial score (nSPS) is 11.3. The molecule has 140 valence electrons. The van der Waals surface area contributed by atoms with Crippen LogP contribution >= 0.6 is 15.9 Å². The standard InChI is InChI=1S/C19H19BrF3NO2/c1-24(12-14-3-7-15(8-4-14)19(21,22)23)18(25)10-6-13-5-9-17(26-2)16(20)11-13/h3-5,7-9,11H,6,10,12H2,1-2H3. The number of benzene rings is 2. The van der Waals surface area contributed by atoms with Crippen molar-refractivity contribution in [2.45, 2.75) is 25.6 Å². The number of carbonyl (C=O) groups is 1. The molecule has 0 aromatic heterocycles. The van der Waals surface area contributed by atoms with Crippen molar-refractivity contribution in [3.8, 4) is 5.75 Å². The predicted molar refractivity (Wildman–Crippen MR) is 96.9 cm³/mol. The average Bonchev–Trinajstić information content (AvgIpc) is 2.59. The number of ether oxygens (including phenoxy) is 1. The van der Waals surface area contributed by atoms with E-state index in [2.05, 4.69) is 15.9 Å². The van der Waals surface area contributed by atoms with Gasteiger partial charge in [0.2, 0.25) is 5.91 Å². The quantitative estimate of drug-likeness (QED) is 0.641. The molecular formula is C19H19BrF3NO2. The van der Waals surface area contributed by atoms with Gasteiger partial charge in [0.15, 0.2) is 0 Å². The van der Waals surface area contributed by atoms with Crippen LogP contribution in [0.5, 0.6) is 5.75 Å². The molecule has 0 saturated carbocycles. The van der Waals surface area contributed by atoms with Gasteiger partial charge in [-0.3, -0.25) is 4.79 Å². The molecule has 0 aliphatic heterocycles. The first-order chi connectivity index (χ1) is 12.2. The van der Waals surface area contributed by atoms with Gasteiger partial charge in [0.25, 0.3) is 0 Å². The Hall–Kier alpha value is -2.02. The molecule has 3 nitrogen and oxygen atoms in total. The van der Waals surface area contributed by atoms with Crippen LogP contribution in [0.2, 0.25) is 0 Å². The van der Waals surface area contributed by atoms with Gasteiger partial charge in [0.05, 0.1) is 17.1 Å². The van der Waals surface area contributed by atoms with Crippen molar-refractivity contribution in [3.63, 3.8) is 0 Å². The van der Waals surface area contributed by atoms with E-state index >= 15 is 0 Å². The fraction of sp³-hybridized carbons (Fsp3) is 0.316. The minimum Gasteiger partial charge on any atom is -0.496 e. The van der Waals surface area contributed by atoms with Crippen molar-refractivity contribution in [2.75, 3.05) is 14.2 Å². The van der Waals surface area contributed by atoms with Crippen LogP contribution in [-0.2, 0) is 23.9 Å². The molecule has 0 aliphatic carbocycles. The van der Waals surface area contributed by atoms with E-state index in [0.717, 1.165) is 27.9 Å². The maximum Gasteiger partial charge on any atom is 0.416 e. The zero-order chi connectivity index (χ0) is 19.3. The molecule has 0 unspecified atom stereocenters. The first-order valence-electron chi connectivity index (χ1n) is 7.93. The van der Waals surface area contributed by atoms with Crippen LogP contribution in [0.3, 0.4) is 0 Å². The number of nitrogens with zero attached hydrogens (tertiary/aromatic N) is 1. The summed E-state index contributed by atoms with van der Waals surface area (Å²) in [4.78, 5) is 13.8. The Kier molecular flexibility index (Phi) is 6.69. The van der Waals surface area contributed by atoms with Gasteiger partial charge in [-0.1, -0.05) is 18.2 Å². The molecule has 0 radical (unpaired) electrons. The highest BCUT2D eigenvalue weighted by molar-refractivity contribution is 9.10. The first kappa shape index (κ1) is 20.3. The summed E-state index contributed by atoms with van der Waals surface area (Å²) in [7, 11) is 3.23. The second-order valence-corrected chi connectivity index (χ2v) is 6.77. The van der Waals surface area contributed by atoms with E-state index in [-0.39, 0.29) is 12.5 Å². The lowest BCUT2D eigenvalue weighted by molar-refractivity contribution is -0.137. The Balaban J connectivity index is 1.90. The van der Waals surface area contributed by atoms with E-state index < -0.39 is 11.7 Å². The van der Waals surface area contributed by atoms with Gasteiger partial charge in [0.1, 0.15) is 5.75 Å². The zero-order valence-electron chi connectivity index (χ0n) is 14.4. The van der Waals surface area contributed by atoms with Crippen LogP contribution < -0.4 is 4.74 Å². The van der Waals surface area contributed by atoms with Crippen LogP contribution in [0.1, 0.15) is 23.1 Å². The summed E-state index contributed by atoms with van der Waals surface area (Å²) >= 11 is 3.41. The first-order valence-corrected chi connectivity index (χ1v) is 8.72. The van der Waals surface area contributed by atoms with E-state index in [1.165, 1.54) is 17.0 Å². The van der Waals surface area contributed by atoms with Crippen LogP contribution in [0.25, 0.3) is 0 Å². The molecular weight excluding hydrogens is 411 g/mol. The number of hydrogen-bond acceptors (Lipinski definition) is 2. The fourth-order valence-corrected chi connectivity index (χ4v) is 3.06. The third kappa shape index (κ3) is 5.49. The highest BCUT2D eigenvalue weighted by Crippen LogP contribution is 2.29. The molecule has 2 aromatic carbocycles. The van der Waals surface area contributed by atoms with E-state index in [4.69, 9.17) is 4.74 Å². The summed E-state index contributed by atoms with van der Waals surface area (Å²) in [6, 6.07) is 10.5. The summed E-state index contributed by atoms with van der Waals surface area (Å²) in [5, 5.41) is 0. The number of carbonyl (C=O) groups excluding carboxylic acids is 1. The summed E-state index contributed by atoms with van der Waals surface area (Å²) in [6.45, 7) is 0.267. The van der Waals surface area contributed by atoms with Gasteiger partial charge in [-0.2, -0.15) is 13.2 Å².